The summed E-state index contributed by atoms with van der Waals surface area (Å²) in [7, 11) is 0. The highest BCUT2D eigenvalue weighted by Crippen LogP contribution is 2.18. The number of hydrogen-bond donors (Lipinski definition) is 1. The second-order valence-corrected chi connectivity index (χ2v) is 4.76. The zero-order chi connectivity index (χ0) is 11.0. The molecule has 0 amide bonds. The molecule has 0 unspecified atom stereocenters. The first-order chi connectivity index (χ1) is 7.84. The minimum absolute atomic E-state index is 0.0762. The lowest BCUT2D eigenvalue weighted by molar-refractivity contribution is 0.508. The van der Waals surface area contributed by atoms with Crippen molar-refractivity contribution in [2.24, 2.45) is 0 Å². The SMILES string of the molecule is O=c1n(CCNC2CC2)nc2n1CCCC2. The predicted molar refractivity (Wildman–Crippen MR) is 60.4 cm³/mol. The van der Waals surface area contributed by atoms with E-state index in [9.17, 15) is 4.79 Å². The Morgan fingerprint density at radius 2 is 2.25 bits per heavy atom. The van der Waals surface area contributed by atoms with Crippen molar-refractivity contribution in [1.82, 2.24) is 19.7 Å². The van der Waals surface area contributed by atoms with Crippen LogP contribution in [0, 0.1) is 0 Å². The Balaban J connectivity index is 1.68. The van der Waals surface area contributed by atoms with Crippen LogP contribution >= 0.6 is 0 Å². The Bertz CT molecular complexity index is 430. The van der Waals surface area contributed by atoms with Gasteiger partial charge >= 0.3 is 5.69 Å². The number of hydrogen-bond acceptors (Lipinski definition) is 3. The minimum Gasteiger partial charge on any atom is -0.312 e. The number of rotatable bonds is 4. The van der Waals surface area contributed by atoms with Crippen LogP contribution in [0.4, 0.5) is 0 Å². The van der Waals surface area contributed by atoms with Gasteiger partial charge in [0.15, 0.2) is 0 Å². The number of fused-ring (bicyclic) bond motifs is 1. The molecule has 5 nitrogen and oxygen atoms in total. The molecular weight excluding hydrogens is 204 g/mol. The average molecular weight is 222 g/mol. The van der Waals surface area contributed by atoms with Crippen molar-refractivity contribution in [3.63, 3.8) is 0 Å². The third-order valence-corrected chi connectivity index (χ3v) is 3.37. The van der Waals surface area contributed by atoms with E-state index in [-0.39, 0.29) is 5.69 Å². The topological polar surface area (TPSA) is 51.9 Å². The third kappa shape index (κ3) is 1.91. The monoisotopic (exact) mass is 222 g/mol. The number of nitrogens with one attached hydrogen (secondary N) is 1. The molecule has 1 aromatic heterocycles. The largest absolute Gasteiger partial charge is 0.345 e. The first-order valence-corrected chi connectivity index (χ1v) is 6.24. The van der Waals surface area contributed by atoms with Gasteiger partial charge in [-0.15, -0.1) is 0 Å². The molecular formula is C11H18N4O. The van der Waals surface area contributed by atoms with Crippen molar-refractivity contribution in [3.8, 4) is 0 Å². The zero-order valence-electron chi connectivity index (χ0n) is 9.48. The molecule has 0 bridgehead atoms. The van der Waals surface area contributed by atoms with Crippen LogP contribution in [-0.4, -0.2) is 26.9 Å². The van der Waals surface area contributed by atoms with E-state index in [1.165, 1.54) is 12.8 Å². The normalized spacial score (nSPS) is 19.8. The molecule has 1 fully saturated rings. The van der Waals surface area contributed by atoms with Crippen LogP contribution in [0.3, 0.4) is 0 Å². The van der Waals surface area contributed by atoms with Crippen molar-refractivity contribution in [1.29, 1.82) is 0 Å². The smallest absolute Gasteiger partial charge is 0.312 e. The van der Waals surface area contributed by atoms with Crippen molar-refractivity contribution in [2.75, 3.05) is 6.54 Å². The van der Waals surface area contributed by atoms with Gasteiger partial charge in [0, 0.05) is 25.6 Å². The van der Waals surface area contributed by atoms with Gasteiger partial charge in [-0.05, 0) is 25.7 Å². The average Bonchev–Trinajstić information content (AvgIpc) is 3.06. The Morgan fingerprint density at radius 1 is 1.38 bits per heavy atom. The van der Waals surface area contributed by atoms with Crippen LogP contribution in [0.5, 0.6) is 0 Å². The van der Waals surface area contributed by atoms with Crippen LogP contribution in [0.25, 0.3) is 0 Å². The fourth-order valence-electron chi connectivity index (χ4n) is 2.26. The summed E-state index contributed by atoms with van der Waals surface area (Å²) in [4.78, 5) is 11.9. The molecule has 0 radical (unpaired) electrons. The maximum absolute atomic E-state index is 11.9. The van der Waals surface area contributed by atoms with Crippen LogP contribution < -0.4 is 11.0 Å². The number of nitrogens with zero attached hydrogens (tertiary/aromatic N) is 3. The number of aromatic nitrogens is 3. The fourth-order valence-corrected chi connectivity index (χ4v) is 2.26. The van der Waals surface area contributed by atoms with E-state index >= 15 is 0 Å². The van der Waals surface area contributed by atoms with Crippen molar-refractivity contribution >= 4 is 0 Å². The lowest BCUT2D eigenvalue weighted by Gasteiger charge is -2.09. The highest BCUT2D eigenvalue weighted by molar-refractivity contribution is 4.91. The Labute approximate surface area is 94.5 Å². The number of aryl methyl sites for hydroxylation is 1. The molecule has 1 aromatic rings. The van der Waals surface area contributed by atoms with Gasteiger partial charge in [-0.25, -0.2) is 9.48 Å². The first kappa shape index (κ1) is 10.1. The molecule has 0 aromatic carbocycles. The molecule has 1 aliphatic carbocycles. The molecule has 1 aliphatic heterocycles. The van der Waals surface area contributed by atoms with Crippen LogP contribution in [0.2, 0.25) is 0 Å². The standard InChI is InChI=1S/C11H18N4O/c16-11-14-7-2-1-3-10(14)13-15(11)8-6-12-9-4-5-9/h9,12H,1-8H2. The van der Waals surface area contributed by atoms with E-state index < -0.39 is 0 Å². The van der Waals surface area contributed by atoms with E-state index in [2.05, 4.69) is 10.4 Å². The van der Waals surface area contributed by atoms with Crippen LogP contribution in [-0.2, 0) is 19.5 Å². The van der Waals surface area contributed by atoms with Crippen molar-refractivity contribution in [2.45, 2.75) is 51.2 Å². The Kier molecular flexibility index (Phi) is 2.55. The van der Waals surface area contributed by atoms with Crippen molar-refractivity contribution in [3.05, 3.63) is 16.3 Å². The molecule has 2 heterocycles. The van der Waals surface area contributed by atoms with Gasteiger partial charge in [-0.1, -0.05) is 0 Å². The summed E-state index contributed by atoms with van der Waals surface area (Å²) in [6.07, 6.45) is 5.80. The zero-order valence-corrected chi connectivity index (χ0v) is 9.48. The van der Waals surface area contributed by atoms with Gasteiger partial charge in [0.25, 0.3) is 0 Å². The summed E-state index contributed by atoms with van der Waals surface area (Å²) < 4.78 is 3.46. The highest BCUT2D eigenvalue weighted by Gasteiger charge is 2.20. The molecule has 0 spiro atoms. The molecule has 1 saturated carbocycles. The maximum atomic E-state index is 11.9. The third-order valence-electron chi connectivity index (χ3n) is 3.37. The molecule has 0 atom stereocenters. The van der Waals surface area contributed by atoms with Crippen LogP contribution in [0.1, 0.15) is 31.5 Å². The quantitative estimate of drug-likeness (QED) is 0.788. The van der Waals surface area contributed by atoms with E-state index in [4.69, 9.17) is 0 Å². The molecule has 88 valence electrons. The van der Waals surface area contributed by atoms with E-state index in [0.29, 0.717) is 12.6 Å². The second kappa shape index (κ2) is 4.05. The Hall–Kier alpha value is -1.10. The van der Waals surface area contributed by atoms with Crippen molar-refractivity contribution < 1.29 is 0 Å². The summed E-state index contributed by atoms with van der Waals surface area (Å²) in [5, 5.41) is 7.80. The summed E-state index contributed by atoms with van der Waals surface area (Å²) in [5.74, 6) is 0.975. The van der Waals surface area contributed by atoms with E-state index in [0.717, 1.165) is 38.2 Å². The summed E-state index contributed by atoms with van der Waals surface area (Å²) >= 11 is 0. The lowest BCUT2D eigenvalue weighted by atomic mass is 10.2. The minimum atomic E-state index is 0.0762. The molecule has 0 saturated heterocycles. The molecule has 1 N–H and O–H groups in total. The second-order valence-electron chi connectivity index (χ2n) is 4.76. The lowest BCUT2D eigenvalue weighted by Crippen LogP contribution is -2.30. The molecule has 16 heavy (non-hydrogen) atoms. The van der Waals surface area contributed by atoms with Gasteiger partial charge in [-0.3, -0.25) is 4.57 Å². The highest BCUT2D eigenvalue weighted by atomic mass is 16.2. The fraction of sp³-hybridized carbons (Fsp3) is 0.818. The Morgan fingerprint density at radius 3 is 3.00 bits per heavy atom. The molecule has 5 heteroatoms. The van der Waals surface area contributed by atoms with Gasteiger partial charge in [0.1, 0.15) is 5.82 Å². The van der Waals surface area contributed by atoms with Gasteiger partial charge in [0.05, 0.1) is 6.54 Å². The summed E-state index contributed by atoms with van der Waals surface area (Å²) in [6, 6.07) is 0.702. The van der Waals surface area contributed by atoms with E-state index in [1.807, 2.05) is 4.57 Å². The van der Waals surface area contributed by atoms with Crippen LogP contribution in [0.15, 0.2) is 4.79 Å². The summed E-state index contributed by atoms with van der Waals surface area (Å²) in [6.45, 7) is 2.42. The summed E-state index contributed by atoms with van der Waals surface area (Å²) in [5.41, 5.74) is 0.0762. The van der Waals surface area contributed by atoms with Gasteiger partial charge in [-0.2, -0.15) is 5.10 Å². The maximum Gasteiger partial charge on any atom is 0.345 e. The van der Waals surface area contributed by atoms with E-state index in [1.54, 1.807) is 4.68 Å². The molecule has 2 aliphatic rings. The predicted octanol–water partition coefficient (Wildman–Crippen LogP) is 0.133. The van der Waals surface area contributed by atoms with Gasteiger partial charge < -0.3 is 5.32 Å². The molecule has 3 rings (SSSR count). The first-order valence-electron chi connectivity index (χ1n) is 6.24. The van der Waals surface area contributed by atoms with Gasteiger partial charge in [0.2, 0.25) is 0 Å².